The number of methoxy groups -OCH3 is 2. The van der Waals surface area contributed by atoms with Crippen molar-refractivity contribution in [2.24, 2.45) is 5.41 Å². The predicted octanol–water partition coefficient (Wildman–Crippen LogP) is 3.26. The summed E-state index contributed by atoms with van der Waals surface area (Å²) in [5.41, 5.74) is 1.04. The first kappa shape index (κ1) is 19.9. The molecule has 1 aliphatic rings. The number of hydrogen-bond acceptors (Lipinski definition) is 5. The van der Waals surface area contributed by atoms with Gasteiger partial charge in [0, 0.05) is 36.9 Å². The van der Waals surface area contributed by atoms with Crippen molar-refractivity contribution in [2.45, 2.75) is 25.6 Å². The van der Waals surface area contributed by atoms with Crippen molar-refractivity contribution in [3.8, 4) is 11.5 Å². The van der Waals surface area contributed by atoms with Crippen LogP contribution in [0.5, 0.6) is 11.5 Å². The third-order valence-electron chi connectivity index (χ3n) is 4.24. The van der Waals surface area contributed by atoms with Gasteiger partial charge in [0.25, 0.3) is 0 Å². The molecule has 0 bridgehead atoms. The largest absolute Gasteiger partial charge is 0.497 e. The molecule has 1 saturated heterocycles. The molecular formula is C19H30N2O3S. The second-order valence-electron chi connectivity index (χ2n) is 7.50. The van der Waals surface area contributed by atoms with Crippen molar-refractivity contribution in [2.75, 3.05) is 47.2 Å². The molecule has 5 nitrogen and oxygen atoms in total. The number of nitrogens with zero attached hydrogens (tertiary/aromatic N) is 2. The molecule has 1 heterocycles. The standard InChI is InChI=1S/C19H30N2O3S/c1-19(2,12-20(3)4)13-21-17(22)9-10-25-18(21)15-8-7-14(23-5)11-16(15)24-6/h7-8,11,18H,9-10,12-13H2,1-6H3. The number of rotatable bonds is 7. The Bertz CT molecular complexity index is 604. The summed E-state index contributed by atoms with van der Waals surface area (Å²) in [6, 6.07) is 5.83. The maximum Gasteiger partial charge on any atom is 0.224 e. The Morgan fingerprint density at radius 2 is 2.00 bits per heavy atom. The molecule has 2 rings (SSSR count). The number of amides is 1. The van der Waals surface area contributed by atoms with Gasteiger partial charge >= 0.3 is 0 Å². The first-order valence-corrected chi connectivity index (χ1v) is 9.60. The third-order valence-corrected chi connectivity index (χ3v) is 5.51. The summed E-state index contributed by atoms with van der Waals surface area (Å²) in [5, 5.41) is -0.0245. The molecule has 1 unspecified atom stereocenters. The van der Waals surface area contributed by atoms with Gasteiger partial charge in [0.2, 0.25) is 5.91 Å². The number of carbonyl (C=O) groups is 1. The van der Waals surface area contributed by atoms with E-state index in [4.69, 9.17) is 9.47 Å². The van der Waals surface area contributed by atoms with Gasteiger partial charge in [-0.15, -0.1) is 11.8 Å². The number of thioether (sulfide) groups is 1. The fourth-order valence-corrected chi connectivity index (χ4v) is 4.70. The Labute approximate surface area is 155 Å². The van der Waals surface area contributed by atoms with Gasteiger partial charge in [-0.2, -0.15) is 0 Å². The highest BCUT2D eigenvalue weighted by atomic mass is 32.2. The summed E-state index contributed by atoms with van der Waals surface area (Å²) in [5.74, 6) is 2.58. The van der Waals surface area contributed by atoms with Gasteiger partial charge in [0.15, 0.2) is 0 Å². The van der Waals surface area contributed by atoms with Gasteiger partial charge in [-0.25, -0.2) is 0 Å². The molecule has 25 heavy (non-hydrogen) atoms. The van der Waals surface area contributed by atoms with Crippen molar-refractivity contribution in [1.82, 2.24) is 9.80 Å². The van der Waals surface area contributed by atoms with Crippen LogP contribution < -0.4 is 9.47 Å². The van der Waals surface area contributed by atoms with Gasteiger partial charge in [-0.1, -0.05) is 13.8 Å². The molecular weight excluding hydrogens is 336 g/mol. The number of carbonyl (C=O) groups excluding carboxylic acids is 1. The summed E-state index contributed by atoms with van der Waals surface area (Å²) < 4.78 is 10.9. The minimum absolute atomic E-state index is 0.00894. The van der Waals surface area contributed by atoms with E-state index in [1.54, 1.807) is 26.0 Å². The zero-order chi connectivity index (χ0) is 18.6. The van der Waals surface area contributed by atoms with Crippen LogP contribution in [0.25, 0.3) is 0 Å². The summed E-state index contributed by atoms with van der Waals surface area (Å²) in [6.07, 6.45) is 0.595. The van der Waals surface area contributed by atoms with Gasteiger partial charge in [-0.05, 0) is 31.6 Å². The van der Waals surface area contributed by atoms with Gasteiger partial charge < -0.3 is 19.3 Å². The van der Waals surface area contributed by atoms with Gasteiger partial charge in [-0.3, -0.25) is 4.79 Å². The molecule has 0 aromatic heterocycles. The van der Waals surface area contributed by atoms with Crippen LogP contribution in [-0.2, 0) is 4.79 Å². The zero-order valence-corrected chi connectivity index (χ0v) is 17.0. The predicted molar refractivity (Wildman–Crippen MR) is 103 cm³/mol. The molecule has 1 aromatic carbocycles. The van der Waals surface area contributed by atoms with Crippen LogP contribution in [0.15, 0.2) is 18.2 Å². The molecule has 6 heteroatoms. The van der Waals surface area contributed by atoms with E-state index >= 15 is 0 Å². The van der Waals surface area contributed by atoms with Crippen LogP contribution in [0, 0.1) is 5.41 Å². The lowest BCUT2D eigenvalue weighted by Crippen LogP contribution is -2.45. The van der Waals surface area contributed by atoms with E-state index in [0.717, 1.165) is 35.9 Å². The normalized spacial score (nSPS) is 18.6. The second kappa shape index (κ2) is 8.32. The number of benzene rings is 1. The van der Waals surface area contributed by atoms with E-state index in [9.17, 15) is 4.79 Å². The third kappa shape index (κ3) is 5.05. The molecule has 0 spiro atoms. The van der Waals surface area contributed by atoms with E-state index in [2.05, 4.69) is 32.8 Å². The minimum atomic E-state index is -0.0245. The number of hydrogen-bond donors (Lipinski definition) is 0. The first-order valence-electron chi connectivity index (χ1n) is 8.55. The monoisotopic (exact) mass is 366 g/mol. The summed E-state index contributed by atoms with van der Waals surface area (Å²) in [6.45, 7) is 6.06. The Hall–Kier alpha value is -1.40. The van der Waals surface area contributed by atoms with Crippen LogP contribution in [-0.4, -0.2) is 62.9 Å². The Morgan fingerprint density at radius 3 is 2.60 bits per heavy atom. The maximum absolute atomic E-state index is 12.7. The molecule has 1 atom stereocenters. The molecule has 1 fully saturated rings. The Balaban J connectivity index is 2.32. The van der Waals surface area contributed by atoms with Crippen LogP contribution in [0.1, 0.15) is 31.2 Å². The average molecular weight is 367 g/mol. The van der Waals surface area contributed by atoms with Crippen LogP contribution in [0.3, 0.4) is 0 Å². The van der Waals surface area contributed by atoms with E-state index in [1.807, 2.05) is 23.1 Å². The van der Waals surface area contributed by atoms with Crippen molar-refractivity contribution in [1.29, 1.82) is 0 Å². The summed E-state index contributed by atoms with van der Waals surface area (Å²) in [4.78, 5) is 16.9. The van der Waals surface area contributed by atoms with Gasteiger partial charge in [0.1, 0.15) is 16.9 Å². The van der Waals surface area contributed by atoms with Crippen LogP contribution in [0.4, 0.5) is 0 Å². The lowest BCUT2D eigenvalue weighted by Gasteiger charge is -2.41. The van der Waals surface area contributed by atoms with E-state index in [1.165, 1.54) is 0 Å². The molecule has 0 saturated carbocycles. The second-order valence-corrected chi connectivity index (χ2v) is 8.69. The topological polar surface area (TPSA) is 42.0 Å². The average Bonchev–Trinajstić information content (AvgIpc) is 2.54. The van der Waals surface area contributed by atoms with Crippen molar-refractivity contribution in [3.05, 3.63) is 23.8 Å². The van der Waals surface area contributed by atoms with E-state index in [-0.39, 0.29) is 16.7 Å². The van der Waals surface area contributed by atoms with Gasteiger partial charge in [0.05, 0.1) is 14.2 Å². The lowest BCUT2D eigenvalue weighted by atomic mass is 9.91. The van der Waals surface area contributed by atoms with Crippen molar-refractivity contribution < 1.29 is 14.3 Å². The highest BCUT2D eigenvalue weighted by molar-refractivity contribution is 7.99. The van der Waals surface area contributed by atoms with Crippen LogP contribution in [0.2, 0.25) is 0 Å². The first-order chi connectivity index (χ1) is 11.8. The molecule has 0 radical (unpaired) electrons. The summed E-state index contributed by atoms with van der Waals surface area (Å²) in [7, 11) is 7.44. The molecule has 1 aliphatic heterocycles. The quantitative estimate of drug-likeness (QED) is 0.741. The van der Waals surface area contributed by atoms with Crippen molar-refractivity contribution in [3.63, 3.8) is 0 Å². The Kier molecular flexibility index (Phi) is 6.63. The minimum Gasteiger partial charge on any atom is -0.497 e. The smallest absolute Gasteiger partial charge is 0.224 e. The molecule has 0 N–H and O–H groups in total. The fraction of sp³-hybridized carbons (Fsp3) is 0.632. The zero-order valence-electron chi connectivity index (χ0n) is 16.2. The van der Waals surface area contributed by atoms with E-state index in [0.29, 0.717) is 6.42 Å². The maximum atomic E-state index is 12.7. The lowest BCUT2D eigenvalue weighted by molar-refractivity contribution is -0.133. The molecule has 0 aliphatic carbocycles. The SMILES string of the molecule is COc1ccc(C2SCCC(=O)N2CC(C)(C)CN(C)C)c(OC)c1. The Morgan fingerprint density at radius 1 is 1.28 bits per heavy atom. The summed E-state index contributed by atoms with van der Waals surface area (Å²) >= 11 is 1.80. The van der Waals surface area contributed by atoms with E-state index < -0.39 is 0 Å². The molecule has 1 amide bonds. The van der Waals surface area contributed by atoms with Crippen molar-refractivity contribution >= 4 is 17.7 Å². The highest BCUT2D eigenvalue weighted by Crippen LogP contribution is 2.43. The highest BCUT2D eigenvalue weighted by Gasteiger charge is 2.35. The molecule has 1 aromatic rings. The molecule has 140 valence electrons. The number of ether oxygens (including phenoxy) is 2. The fourth-order valence-electron chi connectivity index (χ4n) is 3.44. The van der Waals surface area contributed by atoms with Crippen LogP contribution >= 0.6 is 11.8 Å².